The Kier molecular flexibility index (Phi) is 64.2. The molecule has 1 rings (SSSR count). The molecule has 0 saturated carbocycles. The third-order valence-corrected chi connectivity index (χ3v) is 18.0. The van der Waals surface area contributed by atoms with Crippen LogP contribution in [-0.4, -0.2) is 87.5 Å². The van der Waals surface area contributed by atoms with E-state index in [1.807, 2.05) is 6.08 Å². The zero-order chi connectivity index (χ0) is 63.5. The van der Waals surface area contributed by atoms with E-state index < -0.39 is 49.5 Å². The molecule has 0 aromatic carbocycles. The van der Waals surface area contributed by atoms with Gasteiger partial charge in [0.1, 0.15) is 24.4 Å². The summed E-state index contributed by atoms with van der Waals surface area (Å²) in [6.45, 7) is 3.70. The SMILES string of the molecule is CC/C=C\C/C=C\C/C=C\C/C=C\CCCCCCCCCCCCCCCCCCCCCCCCC(=O)NC(COC1OC(CO)C(O)C(O)C1O)C(O)/C=C/CC/C=C/CCCCCCCCCCCCCCCCCCCCCCCCCC. The molecule has 1 saturated heterocycles. The van der Waals surface area contributed by atoms with E-state index in [2.05, 4.69) is 79.9 Å². The summed E-state index contributed by atoms with van der Waals surface area (Å²) in [4.78, 5) is 13.2. The zero-order valence-corrected chi connectivity index (χ0v) is 57.7. The number of unbranched alkanes of at least 4 members (excludes halogenated alkanes) is 47. The Morgan fingerprint density at radius 2 is 0.716 bits per heavy atom. The van der Waals surface area contributed by atoms with Crippen molar-refractivity contribution < 1.29 is 39.8 Å². The summed E-state index contributed by atoms with van der Waals surface area (Å²) in [6, 6.07) is -0.825. The van der Waals surface area contributed by atoms with E-state index in [-0.39, 0.29) is 12.5 Å². The summed E-state index contributed by atoms with van der Waals surface area (Å²) in [5.41, 5.74) is 0. The van der Waals surface area contributed by atoms with Crippen molar-refractivity contribution in [2.75, 3.05) is 13.2 Å². The molecule has 6 N–H and O–H groups in total. The minimum absolute atomic E-state index is 0.181. The number of nitrogens with one attached hydrogen (secondary N) is 1. The molecule has 7 unspecified atom stereocenters. The Labute approximate surface area is 544 Å². The first-order valence-corrected chi connectivity index (χ1v) is 38.2. The van der Waals surface area contributed by atoms with Crippen molar-refractivity contribution in [2.24, 2.45) is 0 Å². The number of aliphatic hydroxyl groups excluding tert-OH is 5. The lowest BCUT2D eigenvalue weighted by atomic mass is 9.99. The Hall–Kier alpha value is -2.37. The smallest absolute Gasteiger partial charge is 0.220 e. The van der Waals surface area contributed by atoms with Crippen LogP contribution in [0.1, 0.15) is 367 Å². The van der Waals surface area contributed by atoms with Gasteiger partial charge in [0.25, 0.3) is 0 Å². The molecule has 0 aromatic rings. The predicted octanol–water partition coefficient (Wildman–Crippen LogP) is 21.5. The molecule has 0 spiro atoms. The average Bonchev–Trinajstić information content (AvgIpc) is 3.65. The van der Waals surface area contributed by atoms with Gasteiger partial charge < -0.3 is 40.3 Å². The zero-order valence-electron chi connectivity index (χ0n) is 57.7. The molecule has 9 heteroatoms. The molecule has 1 aliphatic heterocycles. The number of hydrogen-bond donors (Lipinski definition) is 6. The minimum atomic E-state index is -1.57. The number of allylic oxidation sites excluding steroid dienone is 11. The largest absolute Gasteiger partial charge is 0.394 e. The van der Waals surface area contributed by atoms with Gasteiger partial charge in [0.05, 0.1) is 25.4 Å². The highest BCUT2D eigenvalue weighted by Crippen LogP contribution is 2.24. The third-order valence-electron chi connectivity index (χ3n) is 18.0. The number of carbonyl (C=O) groups excluding carboxylic acids is 1. The van der Waals surface area contributed by atoms with E-state index in [0.29, 0.717) is 6.42 Å². The van der Waals surface area contributed by atoms with Gasteiger partial charge in [-0.05, 0) is 70.6 Å². The highest BCUT2D eigenvalue weighted by molar-refractivity contribution is 5.76. The predicted molar refractivity (Wildman–Crippen MR) is 378 cm³/mol. The summed E-state index contributed by atoms with van der Waals surface area (Å²) in [7, 11) is 0. The summed E-state index contributed by atoms with van der Waals surface area (Å²) < 4.78 is 11.3. The molecule has 9 nitrogen and oxygen atoms in total. The van der Waals surface area contributed by atoms with Crippen LogP contribution in [-0.2, 0) is 14.3 Å². The lowest BCUT2D eigenvalue weighted by Crippen LogP contribution is -2.60. The molecule has 1 aliphatic rings. The highest BCUT2D eigenvalue weighted by Gasteiger charge is 2.44. The molecule has 0 radical (unpaired) electrons. The summed E-state index contributed by atoms with van der Waals surface area (Å²) in [5.74, 6) is -0.181. The Morgan fingerprint density at radius 3 is 1.09 bits per heavy atom. The molecular formula is C79H145NO8. The fourth-order valence-corrected chi connectivity index (χ4v) is 12.1. The van der Waals surface area contributed by atoms with Crippen molar-refractivity contribution in [3.8, 4) is 0 Å². The van der Waals surface area contributed by atoms with Crippen molar-refractivity contribution >= 4 is 5.91 Å². The van der Waals surface area contributed by atoms with Crippen LogP contribution in [0.5, 0.6) is 0 Å². The van der Waals surface area contributed by atoms with E-state index in [1.54, 1.807) is 6.08 Å². The second-order valence-electron chi connectivity index (χ2n) is 26.4. The maximum atomic E-state index is 13.2. The quantitative estimate of drug-likeness (QED) is 0.0261. The van der Waals surface area contributed by atoms with Crippen molar-refractivity contribution in [3.63, 3.8) is 0 Å². The van der Waals surface area contributed by atoms with Gasteiger partial charge in [0, 0.05) is 6.42 Å². The van der Waals surface area contributed by atoms with Crippen LogP contribution in [0, 0.1) is 0 Å². The number of hydrogen-bond acceptors (Lipinski definition) is 8. The van der Waals surface area contributed by atoms with Crippen LogP contribution in [0.25, 0.3) is 0 Å². The van der Waals surface area contributed by atoms with Gasteiger partial charge in [-0.3, -0.25) is 4.79 Å². The number of carbonyl (C=O) groups is 1. The second kappa shape index (κ2) is 67.5. The van der Waals surface area contributed by atoms with Gasteiger partial charge >= 0.3 is 0 Å². The fourth-order valence-electron chi connectivity index (χ4n) is 12.1. The lowest BCUT2D eigenvalue weighted by molar-refractivity contribution is -0.302. The molecule has 7 atom stereocenters. The Bertz CT molecular complexity index is 1620. The van der Waals surface area contributed by atoms with Crippen LogP contribution in [0.2, 0.25) is 0 Å². The molecule has 1 fully saturated rings. The average molecular weight is 1240 g/mol. The van der Waals surface area contributed by atoms with Crippen molar-refractivity contribution in [1.82, 2.24) is 5.32 Å². The third kappa shape index (κ3) is 55.3. The minimum Gasteiger partial charge on any atom is -0.394 e. The van der Waals surface area contributed by atoms with E-state index in [0.717, 1.165) is 64.2 Å². The Balaban J connectivity index is 2.10. The summed E-state index contributed by atoms with van der Waals surface area (Å²) in [6.07, 6.45) is 89.0. The standard InChI is InChI=1S/C79H145NO8/c1-3-5-7-9-11-13-15-17-19-21-23-25-27-29-31-33-35-36-37-38-39-41-43-45-47-49-51-53-55-57-59-61-63-65-67-69-75(83)80-72(71-87-79-78(86)77(85)76(84)74(70-81)88-79)73(82)68-66-64-62-60-58-56-54-52-50-48-46-44-42-40-34-32-30-28-26-24-22-20-18-16-14-12-10-8-6-4-2/h5,7,11,13,17,19,23,25,58,60,66,68,72-74,76-79,81-82,84-86H,3-4,6,8-10,12,14-16,18,20-22,24,26-57,59,61-65,67,69-71H2,1-2H3,(H,80,83)/b7-5-,13-11-,19-17-,25-23-,60-58+,68-66+. The summed E-state index contributed by atoms with van der Waals surface area (Å²) >= 11 is 0. The number of amides is 1. The molecule has 1 amide bonds. The molecule has 1 heterocycles. The van der Waals surface area contributed by atoms with Gasteiger partial charge in [0.15, 0.2) is 6.29 Å². The Morgan fingerprint density at radius 1 is 0.398 bits per heavy atom. The number of aliphatic hydroxyl groups is 5. The second-order valence-corrected chi connectivity index (χ2v) is 26.4. The van der Waals surface area contributed by atoms with Gasteiger partial charge in [0.2, 0.25) is 5.91 Å². The molecule has 0 aromatic heterocycles. The van der Waals surface area contributed by atoms with E-state index >= 15 is 0 Å². The van der Waals surface area contributed by atoms with Gasteiger partial charge in [-0.1, -0.05) is 363 Å². The molecular weight excluding hydrogens is 1090 g/mol. The van der Waals surface area contributed by atoms with Gasteiger partial charge in [-0.2, -0.15) is 0 Å². The molecule has 88 heavy (non-hydrogen) atoms. The van der Waals surface area contributed by atoms with E-state index in [4.69, 9.17) is 9.47 Å². The monoisotopic (exact) mass is 1240 g/mol. The van der Waals surface area contributed by atoms with Crippen LogP contribution in [0.4, 0.5) is 0 Å². The van der Waals surface area contributed by atoms with Gasteiger partial charge in [-0.25, -0.2) is 0 Å². The van der Waals surface area contributed by atoms with Crippen LogP contribution < -0.4 is 5.32 Å². The first kappa shape index (κ1) is 83.6. The first-order valence-electron chi connectivity index (χ1n) is 38.2. The van der Waals surface area contributed by atoms with Crippen molar-refractivity contribution in [1.29, 1.82) is 0 Å². The summed E-state index contributed by atoms with van der Waals surface area (Å²) in [5, 5.41) is 54.8. The van der Waals surface area contributed by atoms with Crippen LogP contribution in [0.15, 0.2) is 72.9 Å². The van der Waals surface area contributed by atoms with E-state index in [1.165, 1.54) is 283 Å². The normalized spacial score (nSPS) is 18.3. The molecule has 0 aliphatic carbocycles. The fraction of sp³-hybridized carbons (Fsp3) is 0.835. The number of ether oxygens (including phenoxy) is 2. The highest BCUT2D eigenvalue weighted by atomic mass is 16.7. The topological polar surface area (TPSA) is 149 Å². The maximum absolute atomic E-state index is 13.2. The van der Waals surface area contributed by atoms with E-state index in [9.17, 15) is 30.3 Å². The van der Waals surface area contributed by atoms with Crippen molar-refractivity contribution in [2.45, 2.75) is 410 Å². The first-order chi connectivity index (χ1) is 43.3. The molecule has 0 bridgehead atoms. The number of rotatable bonds is 67. The van der Waals surface area contributed by atoms with Crippen molar-refractivity contribution in [3.05, 3.63) is 72.9 Å². The molecule has 514 valence electrons. The maximum Gasteiger partial charge on any atom is 0.220 e. The van der Waals surface area contributed by atoms with Crippen LogP contribution >= 0.6 is 0 Å². The lowest BCUT2D eigenvalue weighted by Gasteiger charge is -2.40. The van der Waals surface area contributed by atoms with Crippen LogP contribution in [0.3, 0.4) is 0 Å². The van der Waals surface area contributed by atoms with Gasteiger partial charge in [-0.15, -0.1) is 0 Å².